The summed E-state index contributed by atoms with van der Waals surface area (Å²) >= 11 is 0. The summed E-state index contributed by atoms with van der Waals surface area (Å²) in [6, 6.07) is 22.3. The van der Waals surface area contributed by atoms with Crippen LogP contribution in [0.25, 0.3) is 6.08 Å². The van der Waals surface area contributed by atoms with Gasteiger partial charge in [-0.3, -0.25) is 9.59 Å². The second-order valence-electron chi connectivity index (χ2n) is 6.88. The zero-order valence-electron chi connectivity index (χ0n) is 18.1. The highest BCUT2D eigenvalue weighted by molar-refractivity contribution is 6.08. The third-order valence-electron chi connectivity index (χ3n) is 4.48. The van der Waals surface area contributed by atoms with E-state index in [1.807, 2.05) is 42.5 Å². The number of benzene rings is 3. The molecule has 3 aromatic rings. The first-order chi connectivity index (χ1) is 15.5. The standard InChI is InChI=1S/C25H25N3O4/c1-17(29)26-22(15-18-9-14-23(31-2)24(16-18)32-3)25(30)28-21-12-10-20(11-13-21)27-19-7-5-4-6-8-19/h4-16,27H,1-3H3,(H,26,29)(H,28,30)/b22-15-. The van der Waals surface area contributed by atoms with Crippen molar-refractivity contribution in [3.8, 4) is 11.5 Å². The molecule has 7 nitrogen and oxygen atoms in total. The molecule has 0 saturated heterocycles. The van der Waals surface area contributed by atoms with E-state index in [2.05, 4.69) is 16.0 Å². The molecule has 32 heavy (non-hydrogen) atoms. The van der Waals surface area contributed by atoms with Crippen molar-refractivity contribution in [1.29, 1.82) is 0 Å². The van der Waals surface area contributed by atoms with Gasteiger partial charge < -0.3 is 25.4 Å². The van der Waals surface area contributed by atoms with Crippen LogP contribution < -0.4 is 25.4 Å². The lowest BCUT2D eigenvalue weighted by Crippen LogP contribution is -2.28. The Bertz CT molecular complexity index is 1110. The third kappa shape index (κ3) is 6.12. The molecule has 0 spiro atoms. The number of ether oxygens (including phenoxy) is 2. The van der Waals surface area contributed by atoms with Gasteiger partial charge in [0.2, 0.25) is 5.91 Å². The second kappa shape index (κ2) is 10.7. The van der Waals surface area contributed by atoms with Gasteiger partial charge in [0.15, 0.2) is 11.5 Å². The summed E-state index contributed by atoms with van der Waals surface area (Å²) in [5, 5.41) is 8.67. The number of carbonyl (C=O) groups is 2. The van der Waals surface area contributed by atoms with Crippen LogP contribution in [0.4, 0.5) is 17.1 Å². The van der Waals surface area contributed by atoms with E-state index in [0.717, 1.165) is 11.4 Å². The molecule has 0 atom stereocenters. The monoisotopic (exact) mass is 431 g/mol. The molecule has 0 unspecified atom stereocenters. The van der Waals surface area contributed by atoms with E-state index in [4.69, 9.17) is 9.47 Å². The number of rotatable bonds is 8. The minimum atomic E-state index is -0.446. The van der Waals surface area contributed by atoms with Crippen molar-refractivity contribution in [2.75, 3.05) is 24.9 Å². The van der Waals surface area contributed by atoms with Gasteiger partial charge >= 0.3 is 0 Å². The summed E-state index contributed by atoms with van der Waals surface area (Å²) in [6.07, 6.45) is 1.57. The largest absolute Gasteiger partial charge is 0.493 e. The molecule has 0 aromatic heterocycles. The van der Waals surface area contributed by atoms with Crippen LogP contribution in [0.5, 0.6) is 11.5 Å². The number of hydrogen-bond donors (Lipinski definition) is 3. The first kappa shape index (κ1) is 22.4. The fourth-order valence-corrected chi connectivity index (χ4v) is 2.98. The molecular formula is C25H25N3O4. The Hall–Kier alpha value is -4.26. The maximum atomic E-state index is 12.8. The third-order valence-corrected chi connectivity index (χ3v) is 4.48. The number of methoxy groups -OCH3 is 2. The number of amides is 2. The molecule has 0 aliphatic rings. The van der Waals surface area contributed by atoms with Crippen molar-refractivity contribution in [3.63, 3.8) is 0 Å². The number of hydrogen-bond acceptors (Lipinski definition) is 5. The predicted octanol–water partition coefficient (Wildman–Crippen LogP) is 4.56. The van der Waals surface area contributed by atoms with Crippen LogP contribution in [0.2, 0.25) is 0 Å². The van der Waals surface area contributed by atoms with E-state index in [1.165, 1.54) is 14.0 Å². The molecule has 0 heterocycles. The average Bonchev–Trinajstić information content (AvgIpc) is 2.80. The first-order valence-electron chi connectivity index (χ1n) is 9.93. The SMILES string of the molecule is COc1ccc(/C=C(\NC(C)=O)C(=O)Nc2ccc(Nc3ccccc3)cc2)cc1OC. The Balaban J connectivity index is 1.76. The van der Waals surface area contributed by atoms with Crippen LogP contribution in [-0.2, 0) is 9.59 Å². The molecule has 3 N–H and O–H groups in total. The fraction of sp³-hybridized carbons (Fsp3) is 0.120. The maximum Gasteiger partial charge on any atom is 0.272 e. The van der Waals surface area contributed by atoms with Crippen molar-refractivity contribution in [2.45, 2.75) is 6.92 Å². The summed E-state index contributed by atoms with van der Waals surface area (Å²) in [6.45, 7) is 1.35. The van der Waals surface area contributed by atoms with Crippen LogP contribution in [0, 0.1) is 0 Å². The molecule has 3 aromatic carbocycles. The van der Waals surface area contributed by atoms with Gasteiger partial charge in [-0.2, -0.15) is 0 Å². The van der Waals surface area contributed by atoms with Crippen LogP contribution in [0.15, 0.2) is 78.5 Å². The molecule has 0 aliphatic heterocycles. The highest BCUT2D eigenvalue weighted by Crippen LogP contribution is 2.28. The summed E-state index contributed by atoms with van der Waals surface area (Å²) in [5.74, 6) is 0.290. The van der Waals surface area contributed by atoms with E-state index >= 15 is 0 Å². The van der Waals surface area contributed by atoms with Crippen molar-refractivity contribution in [2.24, 2.45) is 0 Å². The topological polar surface area (TPSA) is 88.7 Å². The first-order valence-corrected chi connectivity index (χ1v) is 9.93. The van der Waals surface area contributed by atoms with Crippen molar-refractivity contribution in [3.05, 3.63) is 84.1 Å². The lowest BCUT2D eigenvalue weighted by molar-refractivity contribution is -0.120. The molecular weight excluding hydrogens is 406 g/mol. The molecule has 2 amide bonds. The number of para-hydroxylation sites is 1. The summed E-state index contributed by atoms with van der Waals surface area (Å²) in [5.41, 5.74) is 3.23. The Morgan fingerprint density at radius 3 is 2.03 bits per heavy atom. The molecule has 0 aliphatic carbocycles. The molecule has 0 fully saturated rings. The number of carbonyl (C=O) groups excluding carboxylic acids is 2. The Morgan fingerprint density at radius 2 is 1.41 bits per heavy atom. The Morgan fingerprint density at radius 1 is 0.781 bits per heavy atom. The van der Waals surface area contributed by atoms with Gasteiger partial charge in [0, 0.05) is 24.0 Å². The molecule has 0 radical (unpaired) electrons. The van der Waals surface area contributed by atoms with E-state index in [9.17, 15) is 9.59 Å². The minimum Gasteiger partial charge on any atom is -0.493 e. The quantitative estimate of drug-likeness (QED) is 0.455. The Kier molecular flexibility index (Phi) is 7.48. The Labute approximate surface area is 187 Å². The van der Waals surface area contributed by atoms with Gasteiger partial charge in [0.25, 0.3) is 5.91 Å². The summed E-state index contributed by atoms with van der Waals surface area (Å²) < 4.78 is 10.5. The number of anilines is 3. The van der Waals surface area contributed by atoms with Gasteiger partial charge in [-0.05, 0) is 60.2 Å². The van der Waals surface area contributed by atoms with Crippen LogP contribution >= 0.6 is 0 Å². The molecule has 7 heteroatoms. The number of nitrogens with one attached hydrogen (secondary N) is 3. The van der Waals surface area contributed by atoms with Crippen LogP contribution in [0.1, 0.15) is 12.5 Å². The highest BCUT2D eigenvalue weighted by Gasteiger charge is 2.13. The normalized spacial score (nSPS) is 10.8. The minimum absolute atomic E-state index is 0.108. The van der Waals surface area contributed by atoms with Crippen molar-refractivity contribution >= 4 is 35.0 Å². The van der Waals surface area contributed by atoms with Gasteiger partial charge in [0.05, 0.1) is 14.2 Å². The summed E-state index contributed by atoms with van der Waals surface area (Å²) in [7, 11) is 3.08. The smallest absolute Gasteiger partial charge is 0.272 e. The zero-order chi connectivity index (χ0) is 22.9. The zero-order valence-corrected chi connectivity index (χ0v) is 18.1. The van der Waals surface area contributed by atoms with Gasteiger partial charge in [0.1, 0.15) is 5.70 Å². The predicted molar refractivity (Wildman–Crippen MR) is 126 cm³/mol. The molecule has 0 saturated carbocycles. The van der Waals surface area contributed by atoms with Gasteiger partial charge in [-0.1, -0.05) is 24.3 Å². The van der Waals surface area contributed by atoms with E-state index in [0.29, 0.717) is 22.7 Å². The van der Waals surface area contributed by atoms with Crippen molar-refractivity contribution < 1.29 is 19.1 Å². The lowest BCUT2D eigenvalue weighted by Gasteiger charge is -2.12. The van der Waals surface area contributed by atoms with Crippen LogP contribution in [0.3, 0.4) is 0 Å². The second-order valence-corrected chi connectivity index (χ2v) is 6.88. The van der Waals surface area contributed by atoms with E-state index in [-0.39, 0.29) is 11.6 Å². The highest BCUT2D eigenvalue weighted by atomic mass is 16.5. The molecule has 3 rings (SSSR count). The summed E-state index contributed by atoms with van der Waals surface area (Å²) in [4.78, 5) is 24.5. The fourth-order valence-electron chi connectivity index (χ4n) is 2.98. The van der Waals surface area contributed by atoms with Crippen molar-refractivity contribution in [1.82, 2.24) is 5.32 Å². The van der Waals surface area contributed by atoms with E-state index < -0.39 is 5.91 Å². The maximum absolute atomic E-state index is 12.8. The van der Waals surface area contributed by atoms with Crippen LogP contribution in [-0.4, -0.2) is 26.0 Å². The molecule has 0 bridgehead atoms. The van der Waals surface area contributed by atoms with Gasteiger partial charge in [-0.15, -0.1) is 0 Å². The lowest BCUT2D eigenvalue weighted by atomic mass is 10.1. The molecule has 164 valence electrons. The van der Waals surface area contributed by atoms with Gasteiger partial charge in [-0.25, -0.2) is 0 Å². The van der Waals surface area contributed by atoms with E-state index in [1.54, 1.807) is 43.5 Å². The average molecular weight is 431 g/mol.